The Bertz CT molecular complexity index is 677. The molecule has 24 heavy (non-hydrogen) atoms. The summed E-state index contributed by atoms with van der Waals surface area (Å²) in [6.45, 7) is 2.37. The molecule has 0 spiro atoms. The van der Waals surface area contributed by atoms with Gasteiger partial charge >= 0.3 is 0 Å². The molecule has 1 amide bonds. The molecule has 0 radical (unpaired) electrons. The number of hydrogen-bond donors (Lipinski definition) is 0. The van der Waals surface area contributed by atoms with E-state index in [0.29, 0.717) is 6.04 Å². The van der Waals surface area contributed by atoms with Gasteiger partial charge in [-0.2, -0.15) is 0 Å². The minimum Gasteiger partial charge on any atom is -0.493 e. The summed E-state index contributed by atoms with van der Waals surface area (Å²) in [5, 5.41) is 0. The first-order valence-corrected chi connectivity index (χ1v) is 8.79. The summed E-state index contributed by atoms with van der Waals surface area (Å²) in [6, 6.07) is 7.91. The number of likely N-dealkylation sites (tertiary alicyclic amines) is 1. The Hall–Kier alpha value is -2.30. The van der Waals surface area contributed by atoms with Gasteiger partial charge in [0.25, 0.3) is 5.91 Å². The number of carbonyl (C=O) groups is 1. The monoisotopic (exact) mass is 325 g/mol. The van der Waals surface area contributed by atoms with Crippen LogP contribution in [-0.4, -0.2) is 40.1 Å². The van der Waals surface area contributed by atoms with Gasteiger partial charge in [-0.15, -0.1) is 0 Å². The van der Waals surface area contributed by atoms with Crippen LogP contribution in [0.4, 0.5) is 0 Å². The van der Waals surface area contributed by atoms with Crippen molar-refractivity contribution in [2.45, 2.75) is 31.7 Å². The number of rotatable bonds is 5. The average Bonchev–Trinajstić information content (AvgIpc) is 3.30. The van der Waals surface area contributed by atoms with E-state index >= 15 is 0 Å². The molecule has 1 saturated carbocycles. The van der Waals surface area contributed by atoms with Crippen LogP contribution in [0.5, 0.6) is 5.75 Å². The smallest absolute Gasteiger partial charge is 0.253 e. The lowest BCUT2D eigenvalue weighted by molar-refractivity contribution is 0.0679. The van der Waals surface area contributed by atoms with Crippen LogP contribution >= 0.6 is 0 Å². The molecule has 126 valence electrons. The largest absolute Gasteiger partial charge is 0.493 e. The fourth-order valence-electron chi connectivity index (χ4n) is 3.24. The first-order chi connectivity index (χ1) is 11.8. The first kappa shape index (κ1) is 15.2. The maximum atomic E-state index is 12.8. The van der Waals surface area contributed by atoms with Crippen LogP contribution in [0.15, 0.2) is 43.0 Å². The molecular formula is C19H23N3O2. The lowest BCUT2D eigenvalue weighted by Crippen LogP contribution is -2.40. The predicted octanol–water partition coefficient (Wildman–Crippen LogP) is 3.15. The Morgan fingerprint density at radius 1 is 1.21 bits per heavy atom. The number of ether oxygens (including phenoxy) is 1. The van der Waals surface area contributed by atoms with Crippen LogP contribution in [0.1, 0.15) is 42.1 Å². The number of nitrogens with zero attached hydrogens (tertiary/aromatic N) is 3. The third-order valence-corrected chi connectivity index (χ3v) is 4.91. The van der Waals surface area contributed by atoms with Crippen LogP contribution in [0.2, 0.25) is 0 Å². The number of benzene rings is 1. The number of hydrogen-bond acceptors (Lipinski definition) is 3. The Labute approximate surface area is 142 Å². The highest BCUT2D eigenvalue weighted by Crippen LogP contribution is 2.29. The second-order valence-corrected chi connectivity index (χ2v) is 6.84. The zero-order valence-electron chi connectivity index (χ0n) is 13.8. The Kier molecular flexibility index (Phi) is 4.24. The zero-order chi connectivity index (χ0) is 16.4. The van der Waals surface area contributed by atoms with Crippen LogP contribution < -0.4 is 4.74 Å². The number of piperidine rings is 1. The molecule has 0 N–H and O–H groups in total. The highest BCUT2D eigenvalue weighted by molar-refractivity contribution is 5.94. The molecule has 0 bridgehead atoms. The van der Waals surface area contributed by atoms with Crippen molar-refractivity contribution in [3.05, 3.63) is 48.5 Å². The Morgan fingerprint density at radius 2 is 2.04 bits per heavy atom. The fourth-order valence-corrected chi connectivity index (χ4v) is 3.24. The van der Waals surface area contributed by atoms with Gasteiger partial charge in [0.05, 0.1) is 19.0 Å². The zero-order valence-corrected chi connectivity index (χ0v) is 13.8. The standard InChI is InChI=1S/C19H23N3O2/c23-19(16-5-7-18(8-6-16)24-13-15-3-4-15)21-10-1-2-17(12-21)22-11-9-20-14-22/h5-9,11,14-15,17H,1-4,10,12-13H2/t17-/m0/s1. The van der Waals surface area contributed by atoms with E-state index in [1.807, 2.05) is 41.7 Å². The highest BCUT2D eigenvalue weighted by Gasteiger charge is 2.25. The second-order valence-electron chi connectivity index (χ2n) is 6.84. The van der Waals surface area contributed by atoms with E-state index in [2.05, 4.69) is 9.55 Å². The van der Waals surface area contributed by atoms with Gasteiger partial charge in [-0.05, 0) is 55.9 Å². The van der Waals surface area contributed by atoms with Gasteiger partial charge in [-0.25, -0.2) is 4.98 Å². The van der Waals surface area contributed by atoms with E-state index < -0.39 is 0 Å². The normalized spacial score (nSPS) is 20.8. The summed E-state index contributed by atoms with van der Waals surface area (Å²) in [4.78, 5) is 18.8. The third-order valence-electron chi connectivity index (χ3n) is 4.91. The van der Waals surface area contributed by atoms with E-state index in [1.165, 1.54) is 12.8 Å². The third kappa shape index (κ3) is 3.45. The summed E-state index contributed by atoms with van der Waals surface area (Å²) >= 11 is 0. The molecule has 1 saturated heterocycles. The summed E-state index contributed by atoms with van der Waals surface area (Å²) in [7, 11) is 0. The molecule has 2 fully saturated rings. The quantitative estimate of drug-likeness (QED) is 0.848. The predicted molar refractivity (Wildman–Crippen MR) is 91.1 cm³/mol. The van der Waals surface area contributed by atoms with Crippen molar-refractivity contribution in [1.82, 2.24) is 14.5 Å². The van der Waals surface area contributed by atoms with E-state index in [-0.39, 0.29) is 5.91 Å². The molecule has 1 aliphatic heterocycles. The van der Waals surface area contributed by atoms with Gasteiger partial charge in [0.2, 0.25) is 0 Å². The molecule has 1 aliphatic carbocycles. The number of amides is 1. The Balaban J connectivity index is 1.38. The van der Waals surface area contributed by atoms with E-state index in [4.69, 9.17) is 4.74 Å². The van der Waals surface area contributed by atoms with Crippen LogP contribution in [-0.2, 0) is 0 Å². The van der Waals surface area contributed by atoms with Crippen molar-refractivity contribution in [3.8, 4) is 5.75 Å². The number of imidazole rings is 1. The van der Waals surface area contributed by atoms with Crippen LogP contribution in [0, 0.1) is 5.92 Å². The molecule has 5 heteroatoms. The molecule has 5 nitrogen and oxygen atoms in total. The van der Waals surface area contributed by atoms with Gasteiger partial charge in [0.1, 0.15) is 5.75 Å². The van der Waals surface area contributed by atoms with Crippen molar-refractivity contribution in [1.29, 1.82) is 0 Å². The maximum Gasteiger partial charge on any atom is 0.253 e. The molecule has 4 rings (SSSR count). The topological polar surface area (TPSA) is 47.4 Å². The van der Waals surface area contributed by atoms with Crippen LogP contribution in [0.25, 0.3) is 0 Å². The minimum atomic E-state index is 0.105. The van der Waals surface area contributed by atoms with Gasteiger partial charge < -0.3 is 14.2 Å². The lowest BCUT2D eigenvalue weighted by Gasteiger charge is -2.33. The van der Waals surface area contributed by atoms with Crippen molar-refractivity contribution in [2.24, 2.45) is 5.92 Å². The molecule has 2 aromatic rings. The molecule has 2 heterocycles. The van der Waals surface area contributed by atoms with Gasteiger partial charge in [0.15, 0.2) is 0 Å². The summed E-state index contributed by atoms with van der Waals surface area (Å²) < 4.78 is 7.85. The van der Waals surface area contributed by atoms with E-state index in [0.717, 1.165) is 49.8 Å². The molecule has 1 aromatic heterocycles. The van der Waals surface area contributed by atoms with E-state index in [9.17, 15) is 4.79 Å². The Morgan fingerprint density at radius 3 is 2.75 bits per heavy atom. The SMILES string of the molecule is O=C(c1ccc(OCC2CC2)cc1)N1CCC[C@H](n2ccnc2)C1. The maximum absolute atomic E-state index is 12.8. The molecule has 2 aliphatic rings. The molecule has 1 aromatic carbocycles. The van der Waals surface area contributed by atoms with Crippen molar-refractivity contribution < 1.29 is 9.53 Å². The van der Waals surface area contributed by atoms with Crippen molar-refractivity contribution >= 4 is 5.91 Å². The van der Waals surface area contributed by atoms with Crippen molar-refractivity contribution in [3.63, 3.8) is 0 Å². The van der Waals surface area contributed by atoms with E-state index in [1.54, 1.807) is 6.20 Å². The second kappa shape index (κ2) is 6.67. The molecular weight excluding hydrogens is 302 g/mol. The summed E-state index contributed by atoms with van der Waals surface area (Å²) in [5.41, 5.74) is 0.736. The molecule has 1 atom stereocenters. The minimum absolute atomic E-state index is 0.105. The lowest BCUT2D eigenvalue weighted by atomic mass is 10.0. The van der Waals surface area contributed by atoms with Gasteiger partial charge in [0, 0.05) is 31.0 Å². The average molecular weight is 325 g/mol. The first-order valence-electron chi connectivity index (χ1n) is 8.79. The number of carbonyl (C=O) groups excluding carboxylic acids is 1. The fraction of sp³-hybridized carbons (Fsp3) is 0.474. The summed E-state index contributed by atoms with van der Waals surface area (Å²) in [5.74, 6) is 1.70. The van der Waals surface area contributed by atoms with Crippen LogP contribution in [0.3, 0.4) is 0 Å². The highest BCUT2D eigenvalue weighted by atomic mass is 16.5. The summed E-state index contributed by atoms with van der Waals surface area (Å²) in [6.07, 6.45) is 10.3. The molecule has 0 unspecified atom stereocenters. The van der Waals surface area contributed by atoms with Crippen molar-refractivity contribution in [2.75, 3.05) is 19.7 Å². The van der Waals surface area contributed by atoms with Gasteiger partial charge in [-0.1, -0.05) is 0 Å². The van der Waals surface area contributed by atoms with Gasteiger partial charge in [-0.3, -0.25) is 4.79 Å². The number of aromatic nitrogens is 2.